The summed E-state index contributed by atoms with van der Waals surface area (Å²) in [6.45, 7) is 15.1. The molecule has 0 saturated carbocycles. The van der Waals surface area contributed by atoms with Crippen molar-refractivity contribution in [2.45, 2.75) is 27.2 Å². The molecule has 1 unspecified atom stereocenters. The number of likely N-dealkylation sites (N-methyl/N-ethyl adjacent to an activating group) is 1. The fourth-order valence-corrected chi connectivity index (χ4v) is 1.86. The van der Waals surface area contributed by atoms with Crippen LogP contribution in [0.15, 0.2) is 24.6 Å². The lowest BCUT2D eigenvalue weighted by Crippen LogP contribution is -2.42. The zero-order valence-electron chi connectivity index (χ0n) is 10.4. The van der Waals surface area contributed by atoms with Crippen molar-refractivity contribution in [3.05, 3.63) is 24.6 Å². The topological polar surface area (TPSA) is 6.48 Å². The average molecular weight is 208 g/mol. The van der Waals surface area contributed by atoms with Gasteiger partial charge in [-0.25, -0.2) is 0 Å². The molecule has 0 aromatic heterocycles. The fraction of sp³-hybridized carbons (Fsp3) is 0.692. The summed E-state index contributed by atoms with van der Waals surface area (Å²) in [6.07, 6.45) is 5.56. The molecule has 0 radical (unpaired) electrons. The standard InChI is InChI=1S/C13H24N2/c1-5-12(4)10-13-11-14(6-2)8-9-15(13)7-3/h7,10,12H,3,5-6,8-9,11H2,1-2,4H3/b13-10-. The molecule has 1 rings (SSSR count). The monoisotopic (exact) mass is 208 g/mol. The molecule has 0 N–H and O–H groups in total. The molecule has 2 nitrogen and oxygen atoms in total. The first-order valence-electron chi connectivity index (χ1n) is 6.03. The number of allylic oxidation sites excluding steroid dienone is 1. The Hall–Kier alpha value is -0.760. The van der Waals surface area contributed by atoms with Crippen LogP contribution in [0.5, 0.6) is 0 Å². The Morgan fingerprint density at radius 2 is 2.13 bits per heavy atom. The summed E-state index contributed by atoms with van der Waals surface area (Å²) in [5.41, 5.74) is 1.42. The number of nitrogens with zero attached hydrogens (tertiary/aromatic N) is 2. The van der Waals surface area contributed by atoms with Crippen molar-refractivity contribution in [3.63, 3.8) is 0 Å². The first kappa shape index (κ1) is 12.3. The molecule has 1 aliphatic rings. The Balaban J connectivity index is 2.70. The van der Waals surface area contributed by atoms with E-state index in [0.29, 0.717) is 5.92 Å². The van der Waals surface area contributed by atoms with Crippen LogP contribution in [0.3, 0.4) is 0 Å². The third-order valence-corrected chi connectivity index (χ3v) is 3.20. The third-order valence-electron chi connectivity index (χ3n) is 3.20. The fourth-order valence-electron chi connectivity index (χ4n) is 1.86. The highest BCUT2D eigenvalue weighted by molar-refractivity contribution is 5.11. The van der Waals surface area contributed by atoms with Crippen molar-refractivity contribution in [1.82, 2.24) is 9.80 Å². The van der Waals surface area contributed by atoms with Crippen LogP contribution in [-0.4, -0.2) is 36.0 Å². The van der Waals surface area contributed by atoms with Gasteiger partial charge in [-0.2, -0.15) is 0 Å². The van der Waals surface area contributed by atoms with E-state index >= 15 is 0 Å². The van der Waals surface area contributed by atoms with Crippen molar-refractivity contribution >= 4 is 0 Å². The minimum Gasteiger partial charge on any atom is -0.350 e. The van der Waals surface area contributed by atoms with Gasteiger partial charge < -0.3 is 4.90 Å². The number of rotatable bonds is 4. The van der Waals surface area contributed by atoms with E-state index in [4.69, 9.17) is 0 Å². The van der Waals surface area contributed by atoms with E-state index in [9.17, 15) is 0 Å². The second-order valence-electron chi connectivity index (χ2n) is 4.29. The molecule has 2 heteroatoms. The quantitative estimate of drug-likeness (QED) is 0.701. The van der Waals surface area contributed by atoms with Crippen LogP contribution in [0.1, 0.15) is 27.2 Å². The summed E-state index contributed by atoms with van der Waals surface area (Å²) in [4.78, 5) is 4.77. The van der Waals surface area contributed by atoms with E-state index in [-0.39, 0.29) is 0 Å². The highest BCUT2D eigenvalue weighted by Gasteiger charge is 2.17. The Morgan fingerprint density at radius 1 is 1.40 bits per heavy atom. The van der Waals surface area contributed by atoms with E-state index in [2.05, 4.69) is 43.2 Å². The van der Waals surface area contributed by atoms with Crippen LogP contribution >= 0.6 is 0 Å². The molecule has 15 heavy (non-hydrogen) atoms. The van der Waals surface area contributed by atoms with Crippen LogP contribution in [0, 0.1) is 5.92 Å². The molecule has 0 spiro atoms. The van der Waals surface area contributed by atoms with Gasteiger partial charge in [0.2, 0.25) is 0 Å². The molecule has 0 bridgehead atoms. The zero-order chi connectivity index (χ0) is 11.3. The highest BCUT2D eigenvalue weighted by Crippen LogP contribution is 2.16. The van der Waals surface area contributed by atoms with E-state index in [1.165, 1.54) is 12.1 Å². The molecule has 1 fully saturated rings. The number of hydrogen-bond acceptors (Lipinski definition) is 2. The maximum Gasteiger partial charge on any atom is 0.0384 e. The van der Waals surface area contributed by atoms with Gasteiger partial charge >= 0.3 is 0 Å². The Bertz CT molecular complexity index is 233. The molecule has 0 amide bonds. The summed E-state index contributed by atoms with van der Waals surface area (Å²) in [7, 11) is 0. The van der Waals surface area contributed by atoms with Gasteiger partial charge in [-0.1, -0.05) is 39.8 Å². The van der Waals surface area contributed by atoms with E-state index in [0.717, 1.165) is 26.2 Å². The first-order valence-corrected chi connectivity index (χ1v) is 6.03. The zero-order valence-corrected chi connectivity index (χ0v) is 10.4. The van der Waals surface area contributed by atoms with Crippen molar-refractivity contribution in [3.8, 4) is 0 Å². The van der Waals surface area contributed by atoms with Crippen LogP contribution in [0.25, 0.3) is 0 Å². The normalized spacial score (nSPS) is 23.1. The lowest BCUT2D eigenvalue weighted by Gasteiger charge is -2.36. The Morgan fingerprint density at radius 3 is 2.67 bits per heavy atom. The van der Waals surface area contributed by atoms with Gasteiger partial charge in [0.1, 0.15) is 0 Å². The van der Waals surface area contributed by atoms with Crippen molar-refractivity contribution < 1.29 is 0 Å². The molecule has 86 valence electrons. The van der Waals surface area contributed by atoms with Gasteiger partial charge in [0.25, 0.3) is 0 Å². The Labute approximate surface area is 94.3 Å². The lowest BCUT2D eigenvalue weighted by atomic mass is 10.1. The SMILES string of the molecule is C=CN1CCN(CC)C/C1=C/C(C)CC. The van der Waals surface area contributed by atoms with E-state index in [1.807, 2.05) is 6.20 Å². The molecular formula is C13H24N2. The summed E-state index contributed by atoms with van der Waals surface area (Å²) in [6, 6.07) is 0. The number of piperazine rings is 1. The molecule has 0 aromatic rings. The highest BCUT2D eigenvalue weighted by atomic mass is 15.3. The van der Waals surface area contributed by atoms with Gasteiger partial charge in [0.15, 0.2) is 0 Å². The van der Waals surface area contributed by atoms with Gasteiger partial charge in [0.05, 0.1) is 0 Å². The van der Waals surface area contributed by atoms with Gasteiger partial charge in [-0.15, -0.1) is 0 Å². The molecule has 1 atom stereocenters. The lowest BCUT2D eigenvalue weighted by molar-refractivity contribution is 0.216. The second kappa shape index (κ2) is 5.96. The maximum atomic E-state index is 3.89. The number of hydrogen-bond donors (Lipinski definition) is 0. The Kier molecular flexibility index (Phi) is 4.89. The summed E-state index contributed by atoms with van der Waals surface area (Å²) < 4.78 is 0. The third kappa shape index (κ3) is 3.38. The van der Waals surface area contributed by atoms with Crippen molar-refractivity contribution in [2.24, 2.45) is 5.92 Å². The predicted octanol–water partition coefficient (Wildman–Crippen LogP) is 2.70. The molecule has 0 aromatic carbocycles. The van der Waals surface area contributed by atoms with E-state index in [1.54, 1.807) is 0 Å². The van der Waals surface area contributed by atoms with Crippen molar-refractivity contribution in [1.29, 1.82) is 0 Å². The van der Waals surface area contributed by atoms with Crippen LogP contribution in [-0.2, 0) is 0 Å². The predicted molar refractivity (Wildman–Crippen MR) is 66.6 cm³/mol. The van der Waals surface area contributed by atoms with Crippen molar-refractivity contribution in [2.75, 3.05) is 26.2 Å². The molecular weight excluding hydrogens is 184 g/mol. The largest absolute Gasteiger partial charge is 0.350 e. The minimum absolute atomic E-state index is 0.666. The van der Waals surface area contributed by atoms with Gasteiger partial charge in [-0.3, -0.25) is 4.90 Å². The van der Waals surface area contributed by atoms with Crippen LogP contribution in [0.2, 0.25) is 0 Å². The van der Waals surface area contributed by atoms with Crippen LogP contribution < -0.4 is 0 Å². The minimum atomic E-state index is 0.666. The summed E-state index contributed by atoms with van der Waals surface area (Å²) in [5, 5.41) is 0. The van der Waals surface area contributed by atoms with Gasteiger partial charge in [-0.05, 0) is 18.7 Å². The van der Waals surface area contributed by atoms with E-state index < -0.39 is 0 Å². The molecule has 1 heterocycles. The van der Waals surface area contributed by atoms with Crippen LogP contribution in [0.4, 0.5) is 0 Å². The smallest absolute Gasteiger partial charge is 0.0384 e. The van der Waals surface area contributed by atoms with Gasteiger partial charge in [0, 0.05) is 25.3 Å². The molecule has 0 aliphatic carbocycles. The summed E-state index contributed by atoms with van der Waals surface area (Å²) >= 11 is 0. The second-order valence-corrected chi connectivity index (χ2v) is 4.29. The molecule has 1 saturated heterocycles. The molecule has 1 aliphatic heterocycles. The average Bonchev–Trinajstić information content (AvgIpc) is 2.28. The maximum absolute atomic E-state index is 3.89. The summed E-state index contributed by atoms with van der Waals surface area (Å²) in [5.74, 6) is 0.666. The first-order chi connectivity index (χ1) is 7.21.